The number of para-hydroxylation sites is 2. The Labute approximate surface area is 294 Å². The highest BCUT2D eigenvalue weighted by molar-refractivity contribution is 6.13. The molecule has 0 unspecified atom stereocenters. The highest BCUT2D eigenvalue weighted by atomic mass is 15.0. The molecule has 0 atom stereocenters. The van der Waals surface area contributed by atoms with Crippen LogP contribution < -0.4 is 0 Å². The molecule has 2 aromatic heterocycles. The minimum Gasteiger partial charge on any atom is -0.309 e. The van der Waals surface area contributed by atoms with Crippen LogP contribution in [0.25, 0.3) is 88.4 Å². The first-order valence-electron chi connectivity index (χ1n) is 18.4. The standard InChI is InChI=1S/C48H32N2/c1-4-12-33(13-5-1)35-20-25-40(26-21-35)50-47-29-24-37(31-44(47)42-27-22-38(32-48(42)50)34-14-6-2-7-15-34)36-23-28-46-43(30-36)41-18-10-11-19-45(41)49(46)39-16-8-3-9-17-39/h1-32H/i24D,29D,31D. The Balaban J connectivity index is 1.23. The van der Waals surface area contributed by atoms with Crippen LogP contribution in [0.4, 0.5) is 0 Å². The number of hydrogen-bond donors (Lipinski definition) is 0. The van der Waals surface area contributed by atoms with Gasteiger partial charge in [0.05, 0.1) is 26.2 Å². The molecule has 0 fully saturated rings. The first kappa shape index (κ1) is 25.4. The van der Waals surface area contributed by atoms with E-state index in [2.05, 4.69) is 124 Å². The van der Waals surface area contributed by atoms with Gasteiger partial charge in [-0.25, -0.2) is 0 Å². The average molecular weight is 640 g/mol. The molecule has 0 aliphatic carbocycles. The van der Waals surface area contributed by atoms with Gasteiger partial charge in [0.2, 0.25) is 0 Å². The second kappa shape index (κ2) is 11.5. The topological polar surface area (TPSA) is 9.86 Å². The quantitative estimate of drug-likeness (QED) is 0.177. The second-order valence-corrected chi connectivity index (χ2v) is 12.7. The maximum absolute atomic E-state index is 9.83. The Hall–Kier alpha value is -6.64. The van der Waals surface area contributed by atoms with Gasteiger partial charge in [-0.05, 0) is 94.0 Å². The third-order valence-electron chi connectivity index (χ3n) is 9.84. The largest absolute Gasteiger partial charge is 0.309 e. The zero-order valence-corrected chi connectivity index (χ0v) is 27.1. The van der Waals surface area contributed by atoms with E-state index in [1.54, 1.807) is 0 Å². The van der Waals surface area contributed by atoms with Crippen molar-refractivity contribution in [2.24, 2.45) is 0 Å². The van der Waals surface area contributed by atoms with Crippen molar-refractivity contribution in [3.63, 3.8) is 0 Å². The van der Waals surface area contributed by atoms with Crippen molar-refractivity contribution in [2.45, 2.75) is 0 Å². The molecule has 0 amide bonds. The van der Waals surface area contributed by atoms with Gasteiger partial charge in [-0.1, -0.05) is 133 Å². The van der Waals surface area contributed by atoms with E-state index in [1.807, 2.05) is 60.7 Å². The van der Waals surface area contributed by atoms with E-state index >= 15 is 0 Å². The summed E-state index contributed by atoms with van der Waals surface area (Å²) in [6, 6.07) is 60.6. The van der Waals surface area contributed by atoms with E-state index in [9.17, 15) is 4.11 Å². The number of aromatic nitrogens is 2. The first-order chi connectivity index (χ1) is 26.1. The van der Waals surface area contributed by atoms with E-state index < -0.39 is 0 Å². The molecule has 2 heterocycles. The molecule has 0 N–H and O–H groups in total. The molecule has 0 aliphatic rings. The van der Waals surface area contributed by atoms with Crippen molar-refractivity contribution in [3.05, 3.63) is 194 Å². The van der Waals surface area contributed by atoms with Crippen molar-refractivity contribution in [3.8, 4) is 44.8 Å². The first-order valence-corrected chi connectivity index (χ1v) is 16.9. The highest BCUT2D eigenvalue weighted by Gasteiger charge is 2.17. The summed E-state index contributed by atoms with van der Waals surface area (Å²) >= 11 is 0. The monoisotopic (exact) mass is 639 g/mol. The molecule has 10 rings (SSSR count). The summed E-state index contributed by atoms with van der Waals surface area (Å²) in [6.45, 7) is 0. The summed E-state index contributed by atoms with van der Waals surface area (Å²) in [7, 11) is 0. The van der Waals surface area contributed by atoms with Gasteiger partial charge in [-0.2, -0.15) is 0 Å². The molecule has 0 saturated carbocycles. The smallest absolute Gasteiger partial charge is 0.0645 e. The van der Waals surface area contributed by atoms with Crippen molar-refractivity contribution < 1.29 is 4.11 Å². The van der Waals surface area contributed by atoms with Crippen molar-refractivity contribution >= 4 is 43.6 Å². The molecule has 0 radical (unpaired) electrons. The van der Waals surface area contributed by atoms with Crippen molar-refractivity contribution in [2.75, 3.05) is 0 Å². The predicted molar refractivity (Wildman–Crippen MR) is 211 cm³/mol. The maximum Gasteiger partial charge on any atom is 0.0645 e. The van der Waals surface area contributed by atoms with Crippen LogP contribution in [0.2, 0.25) is 0 Å². The van der Waals surface area contributed by atoms with Crippen LogP contribution in [0.5, 0.6) is 0 Å². The van der Waals surface area contributed by atoms with Crippen LogP contribution in [-0.4, -0.2) is 9.13 Å². The molecule has 2 nitrogen and oxygen atoms in total. The second-order valence-electron chi connectivity index (χ2n) is 12.7. The minimum atomic E-state index is 0.0434. The van der Waals surface area contributed by atoms with Gasteiger partial charge >= 0.3 is 0 Å². The third kappa shape index (κ3) is 4.57. The minimum absolute atomic E-state index is 0.0434. The van der Waals surface area contributed by atoms with Gasteiger partial charge in [-0.3, -0.25) is 0 Å². The lowest BCUT2D eigenvalue weighted by atomic mass is 9.99. The molecular formula is C48H32N2. The summed E-state index contributed by atoms with van der Waals surface area (Å²) in [6.07, 6.45) is 0. The summed E-state index contributed by atoms with van der Waals surface area (Å²) in [4.78, 5) is 0. The normalized spacial score (nSPS) is 12.4. The Kier molecular flexibility index (Phi) is 5.84. The van der Waals surface area contributed by atoms with Crippen LogP contribution >= 0.6 is 0 Å². The Morgan fingerprint density at radius 2 is 0.820 bits per heavy atom. The van der Waals surface area contributed by atoms with Crippen LogP contribution in [-0.2, 0) is 0 Å². The van der Waals surface area contributed by atoms with E-state index in [-0.39, 0.29) is 18.1 Å². The molecule has 8 aromatic carbocycles. The highest BCUT2D eigenvalue weighted by Crippen LogP contribution is 2.39. The molecule has 0 saturated heterocycles. The van der Waals surface area contributed by atoms with Gasteiger partial charge in [0.1, 0.15) is 0 Å². The number of benzene rings is 8. The summed E-state index contributed by atoms with van der Waals surface area (Å²) in [5.41, 5.74) is 11.1. The number of fused-ring (bicyclic) bond motifs is 6. The fourth-order valence-electron chi connectivity index (χ4n) is 7.45. The third-order valence-corrected chi connectivity index (χ3v) is 9.84. The Morgan fingerprint density at radius 3 is 1.58 bits per heavy atom. The Morgan fingerprint density at radius 1 is 0.300 bits per heavy atom. The average Bonchev–Trinajstić information content (AvgIpc) is 3.74. The van der Waals surface area contributed by atoms with Gasteiger partial charge in [0.15, 0.2) is 0 Å². The van der Waals surface area contributed by atoms with E-state index in [0.29, 0.717) is 16.5 Å². The molecule has 234 valence electrons. The number of nitrogens with zero attached hydrogens (tertiary/aromatic N) is 2. The van der Waals surface area contributed by atoms with Crippen LogP contribution in [0.3, 0.4) is 0 Å². The van der Waals surface area contributed by atoms with E-state index in [4.69, 9.17) is 0 Å². The lowest BCUT2D eigenvalue weighted by molar-refractivity contribution is 1.18. The number of hydrogen-bond acceptors (Lipinski definition) is 0. The van der Waals surface area contributed by atoms with Gasteiger partial charge < -0.3 is 9.13 Å². The predicted octanol–water partition coefficient (Wildman–Crippen LogP) is 12.9. The molecule has 0 bridgehead atoms. The van der Waals surface area contributed by atoms with Crippen molar-refractivity contribution in [1.82, 2.24) is 9.13 Å². The summed E-state index contributed by atoms with van der Waals surface area (Å²) < 4.78 is 33.3. The molecule has 0 aliphatic heterocycles. The summed E-state index contributed by atoms with van der Waals surface area (Å²) in [5, 5.41) is 3.70. The molecule has 0 spiro atoms. The maximum atomic E-state index is 9.83. The van der Waals surface area contributed by atoms with Crippen LogP contribution in [0, 0.1) is 0 Å². The van der Waals surface area contributed by atoms with E-state index in [0.717, 1.165) is 71.9 Å². The molecular weight excluding hydrogens is 605 g/mol. The van der Waals surface area contributed by atoms with Gasteiger partial charge in [0, 0.05) is 32.9 Å². The molecule has 50 heavy (non-hydrogen) atoms. The zero-order chi connectivity index (χ0) is 35.6. The lowest BCUT2D eigenvalue weighted by Crippen LogP contribution is -1.94. The zero-order valence-electron chi connectivity index (χ0n) is 30.1. The molecule has 10 aromatic rings. The number of rotatable bonds is 5. The SMILES string of the molecule is [2H]c1c(-c2ccc3c(c2)c2ccccc2n3-c2ccccc2)c([2H])c2c3ccc(-c4ccccc4)cc3n(-c3ccc(-c4ccccc4)cc3)c2c1[2H]. The Bertz CT molecular complexity index is 3000. The van der Waals surface area contributed by atoms with Gasteiger partial charge in [0.25, 0.3) is 0 Å². The van der Waals surface area contributed by atoms with Crippen LogP contribution in [0.15, 0.2) is 194 Å². The summed E-state index contributed by atoms with van der Waals surface area (Å²) in [5.74, 6) is 0. The molecule has 2 heteroatoms. The van der Waals surface area contributed by atoms with E-state index in [1.165, 1.54) is 0 Å². The van der Waals surface area contributed by atoms with Crippen molar-refractivity contribution in [1.29, 1.82) is 0 Å². The van der Waals surface area contributed by atoms with Gasteiger partial charge in [-0.15, -0.1) is 0 Å². The lowest BCUT2D eigenvalue weighted by Gasteiger charge is -2.11. The fourth-order valence-corrected chi connectivity index (χ4v) is 7.45. The fraction of sp³-hybridized carbons (Fsp3) is 0. The van der Waals surface area contributed by atoms with Crippen LogP contribution in [0.1, 0.15) is 4.11 Å².